The Bertz CT molecular complexity index is 1350. The maximum absolute atomic E-state index is 12.7. The summed E-state index contributed by atoms with van der Waals surface area (Å²) in [5.41, 5.74) is 2.59. The second kappa shape index (κ2) is 9.30. The number of para-hydroxylation sites is 1. The SMILES string of the molecule is COc1cccc(-c2nn(-c3ccccc3)cc2/C=C(\C#N)C(=O)N[C@@H]2CCS(=O)(=O)C2)c1. The first kappa shape index (κ1) is 22.3. The monoisotopic (exact) mass is 462 g/mol. The standard InChI is InChI=1S/C24H22N4O4S/c1-32-22-9-5-6-17(13-22)23-19(15-28(27-23)21-7-3-2-4-8-21)12-18(14-25)24(29)26-20-10-11-33(30,31)16-20/h2-9,12-13,15,20H,10-11,16H2,1H3,(H,26,29)/b18-12+/t20-/m1/s1. The van der Waals surface area contributed by atoms with Crippen molar-refractivity contribution in [2.75, 3.05) is 18.6 Å². The molecule has 9 heteroatoms. The van der Waals surface area contributed by atoms with Crippen LogP contribution >= 0.6 is 0 Å². The van der Waals surface area contributed by atoms with Crippen molar-refractivity contribution in [2.45, 2.75) is 12.5 Å². The fourth-order valence-corrected chi connectivity index (χ4v) is 5.35. The van der Waals surface area contributed by atoms with Gasteiger partial charge in [-0.1, -0.05) is 30.3 Å². The number of methoxy groups -OCH3 is 1. The average molecular weight is 463 g/mol. The van der Waals surface area contributed by atoms with Crippen LogP contribution < -0.4 is 10.1 Å². The maximum atomic E-state index is 12.7. The van der Waals surface area contributed by atoms with E-state index < -0.39 is 21.8 Å². The molecule has 2 aromatic carbocycles. The Morgan fingerprint density at radius 3 is 2.70 bits per heavy atom. The fourth-order valence-electron chi connectivity index (χ4n) is 3.68. The number of ether oxygens (including phenoxy) is 1. The van der Waals surface area contributed by atoms with E-state index in [4.69, 9.17) is 9.84 Å². The van der Waals surface area contributed by atoms with Crippen LogP contribution in [0.3, 0.4) is 0 Å². The summed E-state index contributed by atoms with van der Waals surface area (Å²) in [5, 5.41) is 17.0. The number of sulfone groups is 1. The van der Waals surface area contributed by atoms with Gasteiger partial charge in [-0.15, -0.1) is 0 Å². The van der Waals surface area contributed by atoms with Gasteiger partial charge < -0.3 is 10.1 Å². The molecule has 0 saturated carbocycles. The zero-order valence-electron chi connectivity index (χ0n) is 17.9. The lowest BCUT2D eigenvalue weighted by Crippen LogP contribution is -2.36. The first-order valence-corrected chi connectivity index (χ1v) is 12.1. The number of nitriles is 1. The quantitative estimate of drug-likeness (QED) is 0.445. The summed E-state index contributed by atoms with van der Waals surface area (Å²) in [7, 11) is -1.58. The van der Waals surface area contributed by atoms with E-state index in [2.05, 4.69) is 5.32 Å². The number of hydrogen-bond donors (Lipinski definition) is 1. The van der Waals surface area contributed by atoms with Gasteiger partial charge in [0.1, 0.15) is 23.1 Å². The molecule has 2 heterocycles. The molecular weight excluding hydrogens is 440 g/mol. The van der Waals surface area contributed by atoms with Gasteiger partial charge in [0.2, 0.25) is 0 Å². The van der Waals surface area contributed by atoms with Crippen LogP contribution in [0.15, 0.2) is 66.4 Å². The number of hydrogen-bond acceptors (Lipinski definition) is 6. The lowest BCUT2D eigenvalue weighted by atomic mass is 10.1. The molecular formula is C24H22N4O4S. The first-order chi connectivity index (χ1) is 15.9. The third-order valence-electron chi connectivity index (χ3n) is 5.34. The Hall–Kier alpha value is -3.90. The van der Waals surface area contributed by atoms with Crippen LogP contribution in [0.5, 0.6) is 5.75 Å². The number of carbonyl (C=O) groups excluding carboxylic acids is 1. The predicted molar refractivity (Wildman–Crippen MR) is 124 cm³/mol. The number of amides is 1. The minimum atomic E-state index is -3.15. The molecule has 0 radical (unpaired) electrons. The number of aromatic nitrogens is 2. The van der Waals surface area contributed by atoms with Gasteiger partial charge in [-0.25, -0.2) is 13.1 Å². The van der Waals surface area contributed by atoms with Gasteiger partial charge in [-0.3, -0.25) is 4.79 Å². The maximum Gasteiger partial charge on any atom is 0.262 e. The van der Waals surface area contributed by atoms with E-state index in [-0.39, 0.29) is 17.1 Å². The molecule has 3 aromatic rings. The van der Waals surface area contributed by atoms with Gasteiger partial charge >= 0.3 is 0 Å². The van der Waals surface area contributed by atoms with Gasteiger partial charge in [0.05, 0.1) is 24.3 Å². The predicted octanol–water partition coefficient (Wildman–Crippen LogP) is 2.76. The highest BCUT2D eigenvalue weighted by molar-refractivity contribution is 7.91. The lowest BCUT2D eigenvalue weighted by Gasteiger charge is -2.10. The van der Waals surface area contributed by atoms with Crippen LogP contribution in [0.2, 0.25) is 0 Å². The van der Waals surface area contributed by atoms with Crippen molar-refractivity contribution in [2.24, 2.45) is 0 Å². The summed E-state index contributed by atoms with van der Waals surface area (Å²) < 4.78 is 30.4. The second-order valence-corrected chi connectivity index (χ2v) is 9.92. The van der Waals surface area contributed by atoms with Gasteiger partial charge in [0, 0.05) is 23.4 Å². The zero-order chi connectivity index (χ0) is 23.4. The number of benzene rings is 2. The van der Waals surface area contributed by atoms with E-state index in [0.717, 1.165) is 11.3 Å². The van der Waals surface area contributed by atoms with E-state index in [9.17, 15) is 18.5 Å². The van der Waals surface area contributed by atoms with E-state index in [1.165, 1.54) is 6.08 Å². The molecule has 1 atom stereocenters. The average Bonchev–Trinajstić information content (AvgIpc) is 3.40. The highest BCUT2D eigenvalue weighted by atomic mass is 32.2. The third-order valence-corrected chi connectivity index (χ3v) is 7.11. The van der Waals surface area contributed by atoms with Crippen molar-refractivity contribution < 1.29 is 17.9 Å². The summed E-state index contributed by atoms with van der Waals surface area (Å²) in [4.78, 5) is 12.7. The summed E-state index contributed by atoms with van der Waals surface area (Å²) in [6.45, 7) is 0. The van der Waals surface area contributed by atoms with E-state index >= 15 is 0 Å². The Kier molecular flexibility index (Phi) is 6.29. The molecule has 1 amide bonds. The van der Waals surface area contributed by atoms with Crippen LogP contribution in [0.4, 0.5) is 0 Å². The highest BCUT2D eigenvalue weighted by Gasteiger charge is 2.29. The minimum absolute atomic E-state index is 0.0351. The van der Waals surface area contributed by atoms with Crippen LogP contribution in [0.25, 0.3) is 23.0 Å². The van der Waals surface area contributed by atoms with Crippen LogP contribution in [0.1, 0.15) is 12.0 Å². The molecule has 1 N–H and O–H groups in total. The molecule has 4 rings (SSSR count). The molecule has 0 aliphatic carbocycles. The minimum Gasteiger partial charge on any atom is -0.497 e. The van der Waals surface area contributed by atoms with Crippen LogP contribution in [-0.2, 0) is 14.6 Å². The van der Waals surface area contributed by atoms with Gasteiger partial charge in [0.15, 0.2) is 9.84 Å². The van der Waals surface area contributed by atoms with Gasteiger partial charge in [0.25, 0.3) is 5.91 Å². The van der Waals surface area contributed by atoms with E-state index in [1.807, 2.05) is 60.7 Å². The van der Waals surface area contributed by atoms with Gasteiger partial charge in [-0.2, -0.15) is 10.4 Å². The number of rotatable bonds is 6. The van der Waals surface area contributed by atoms with E-state index in [0.29, 0.717) is 23.4 Å². The number of nitrogens with zero attached hydrogens (tertiary/aromatic N) is 3. The van der Waals surface area contributed by atoms with Crippen molar-refractivity contribution in [1.29, 1.82) is 5.26 Å². The molecule has 0 bridgehead atoms. The third kappa shape index (κ3) is 5.13. The Morgan fingerprint density at radius 2 is 2.03 bits per heavy atom. The Labute approximate surface area is 192 Å². The van der Waals surface area contributed by atoms with Crippen LogP contribution in [-0.4, -0.2) is 48.8 Å². The summed E-state index contributed by atoms with van der Waals surface area (Å²) in [6, 6.07) is 18.3. The van der Waals surface area contributed by atoms with Crippen molar-refractivity contribution in [3.05, 3.63) is 71.9 Å². The summed E-state index contributed by atoms with van der Waals surface area (Å²) in [6.07, 6.45) is 3.56. The smallest absolute Gasteiger partial charge is 0.262 e. The molecule has 33 heavy (non-hydrogen) atoms. The molecule has 1 aliphatic rings. The molecule has 1 fully saturated rings. The Morgan fingerprint density at radius 1 is 1.24 bits per heavy atom. The lowest BCUT2D eigenvalue weighted by molar-refractivity contribution is -0.117. The van der Waals surface area contributed by atoms with Crippen molar-refractivity contribution in [3.8, 4) is 28.8 Å². The first-order valence-electron chi connectivity index (χ1n) is 10.3. The molecule has 1 aromatic heterocycles. The summed E-state index contributed by atoms with van der Waals surface area (Å²) >= 11 is 0. The normalized spacial score (nSPS) is 17.3. The van der Waals surface area contributed by atoms with Gasteiger partial charge in [-0.05, 0) is 36.8 Å². The highest BCUT2D eigenvalue weighted by Crippen LogP contribution is 2.28. The zero-order valence-corrected chi connectivity index (χ0v) is 18.7. The van der Waals surface area contributed by atoms with Crippen molar-refractivity contribution in [3.63, 3.8) is 0 Å². The summed E-state index contributed by atoms with van der Waals surface area (Å²) in [5.74, 6) is -0.0349. The Balaban J connectivity index is 1.72. The molecule has 0 unspecified atom stereocenters. The number of carbonyl (C=O) groups is 1. The molecule has 168 valence electrons. The fraction of sp³-hybridized carbons (Fsp3) is 0.208. The second-order valence-electron chi connectivity index (χ2n) is 7.69. The topological polar surface area (TPSA) is 114 Å². The van der Waals surface area contributed by atoms with Crippen molar-refractivity contribution >= 4 is 21.8 Å². The molecule has 0 spiro atoms. The van der Waals surface area contributed by atoms with Crippen molar-refractivity contribution in [1.82, 2.24) is 15.1 Å². The molecule has 8 nitrogen and oxygen atoms in total. The van der Waals surface area contributed by atoms with Crippen LogP contribution in [0, 0.1) is 11.3 Å². The largest absolute Gasteiger partial charge is 0.497 e. The molecule has 1 saturated heterocycles. The molecule has 1 aliphatic heterocycles. The number of nitrogens with one attached hydrogen (secondary N) is 1. The van der Waals surface area contributed by atoms with E-state index in [1.54, 1.807) is 18.0 Å².